The van der Waals surface area contributed by atoms with Crippen molar-refractivity contribution in [2.75, 3.05) is 27.3 Å². The van der Waals surface area contributed by atoms with Gasteiger partial charge in [-0.2, -0.15) is 0 Å². The van der Waals surface area contributed by atoms with Crippen LogP contribution in [0.5, 0.6) is 0 Å². The van der Waals surface area contributed by atoms with E-state index in [-0.39, 0.29) is 12.1 Å². The molecule has 0 saturated heterocycles. The van der Waals surface area contributed by atoms with Crippen LogP contribution >= 0.6 is 0 Å². The van der Waals surface area contributed by atoms with Gasteiger partial charge in [0.2, 0.25) is 0 Å². The predicted octanol–water partition coefficient (Wildman–Crippen LogP) is 1.72. The minimum atomic E-state index is -0.363. The van der Waals surface area contributed by atoms with E-state index >= 15 is 0 Å². The van der Waals surface area contributed by atoms with Crippen LogP contribution in [0.3, 0.4) is 0 Å². The summed E-state index contributed by atoms with van der Waals surface area (Å²) in [5.41, 5.74) is 1.39. The molecule has 0 aliphatic rings. The summed E-state index contributed by atoms with van der Waals surface area (Å²) >= 11 is 0. The van der Waals surface area contributed by atoms with Gasteiger partial charge in [-0.3, -0.25) is 9.88 Å². The summed E-state index contributed by atoms with van der Waals surface area (Å²) in [6.45, 7) is 6.32. The van der Waals surface area contributed by atoms with Gasteiger partial charge in [0.05, 0.1) is 31.1 Å². The van der Waals surface area contributed by atoms with Gasteiger partial charge >= 0.3 is 5.97 Å². The minimum Gasteiger partial charge on any atom is -0.465 e. The molecule has 0 atom stereocenters. The molecule has 1 rings (SSSR count). The maximum Gasteiger partial charge on any atom is 0.339 e. The summed E-state index contributed by atoms with van der Waals surface area (Å²) in [7, 11) is 3.37. The summed E-state index contributed by atoms with van der Waals surface area (Å²) in [5, 5.41) is 0. The molecular weight excluding hydrogens is 244 g/mol. The van der Waals surface area contributed by atoms with Crippen LogP contribution in [0, 0.1) is 0 Å². The molecule has 1 heterocycles. The molecule has 0 N–H and O–H groups in total. The molecule has 19 heavy (non-hydrogen) atoms. The summed E-state index contributed by atoms with van der Waals surface area (Å²) in [4.78, 5) is 17.6. The van der Waals surface area contributed by atoms with Crippen molar-refractivity contribution in [3.05, 3.63) is 29.6 Å². The molecule has 1 aromatic rings. The van der Waals surface area contributed by atoms with Gasteiger partial charge in [-0.25, -0.2) is 4.79 Å². The normalized spacial score (nSPS) is 11.1. The molecule has 106 valence electrons. The third-order valence-corrected chi connectivity index (χ3v) is 2.60. The van der Waals surface area contributed by atoms with Gasteiger partial charge < -0.3 is 9.47 Å². The van der Waals surface area contributed by atoms with E-state index in [1.165, 1.54) is 7.11 Å². The second kappa shape index (κ2) is 7.86. The van der Waals surface area contributed by atoms with Crippen molar-refractivity contribution in [3.8, 4) is 0 Å². The fraction of sp³-hybridized carbons (Fsp3) is 0.571. The van der Waals surface area contributed by atoms with Crippen molar-refractivity contribution < 1.29 is 14.3 Å². The van der Waals surface area contributed by atoms with Crippen LogP contribution in [0.2, 0.25) is 0 Å². The number of hydrogen-bond donors (Lipinski definition) is 0. The van der Waals surface area contributed by atoms with Gasteiger partial charge in [0.1, 0.15) is 0 Å². The zero-order valence-corrected chi connectivity index (χ0v) is 12.0. The summed E-state index contributed by atoms with van der Waals surface area (Å²) in [5.74, 6) is -0.363. The molecular formula is C14H22N2O3. The number of ether oxygens (including phenoxy) is 2. The van der Waals surface area contributed by atoms with Gasteiger partial charge in [0.25, 0.3) is 0 Å². The monoisotopic (exact) mass is 266 g/mol. The van der Waals surface area contributed by atoms with Crippen molar-refractivity contribution in [2.24, 2.45) is 0 Å². The van der Waals surface area contributed by atoms with Crippen molar-refractivity contribution in [1.82, 2.24) is 9.88 Å². The number of likely N-dealkylation sites (N-methyl/N-ethyl adjacent to an activating group) is 1. The van der Waals surface area contributed by atoms with Crippen LogP contribution in [-0.4, -0.2) is 49.3 Å². The molecule has 0 aliphatic heterocycles. The van der Waals surface area contributed by atoms with Crippen molar-refractivity contribution >= 4 is 5.97 Å². The Kier molecular flexibility index (Phi) is 6.45. The number of rotatable bonds is 7. The Bertz CT molecular complexity index is 390. The first-order valence-corrected chi connectivity index (χ1v) is 6.36. The first-order chi connectivity index (χ1) is 9.02. The SMILES string of the molecule is COC(=O)c1ccc(CN(C)CCOC(C)C)nc1. The number of methoxy groups -OCH3 is 1. The predicted molar refractivity (Wildman–Crippen MR) is 73.0 cm³/mol. The molecule has 0 radical (unpaired) electrons. The van der Waals surface area contributed by atoms with Gasteiger partial charge in [-0.05, 0) is 33.0 Å². The Labute approximate surface area is 114 Å². The van der Waals surface area contributed by atoms with Crippen LogP contribution < -0.4 is 0 Å². The van der Waals surface area contributed by atoms with Crippen molar-refractivity contribution in [3.63, 3.8) is 0 Å². The largest absolute Gasteiger partial charge is 0.465 e. The molecule has 0 aromatic carbocycles. The lowest BCUT2D eigenvalue weighted by Crippen LogP contribution is -2.24. The number of carbonyl (C=O) groups excluding carboxylic acids is 1. The summed E-state index contributed by atoms with van der Waals surface area (Å²) in [6.07, 6.45) is 1.80. The van der Waals surface area contributed by atoms with Crippen LogP contribution in [-0.2, 0) is 16.0 Å². The van der Waals surface area contributed by atoms with Crippen LogP contribution in [0.15, 0.2) is 18.3 Å². The van der Waals surface area contributed by atoms with Gasteiger partial charge in [-0.1, -0.05) is 0 Å². The number of hydrogen-bond acceptors (Lipinski definition) is 5. The Morgan fingerprint density at radius 2 is 2.16 bits per heavy atom. The zero-order chi connectivity index (χ0) is 14.3. The molecule has 5 heteroatoms. The fourth-order valence-electron chi connectivity index (χ4n) is 1.56. The first kappa shape index (κ1) is 15.6. The van der Waals surface area contributed by atoms with E-state index in [0.717, 1.165) is 18.8 Å². The topological polar surface area (TPSA) is 51.7 Å². The average molecular weight is 266 g/mol. The standard InChI is InChI=1S/C14H22N2O3/c1-11(2)19-8-7-16(3)10-13-6-5-12(9-15-13)14(17)18-4/h5-6,9,11H,7-8,10H2,1-4H3. The van der Waals surface area contributed by atoms with Crippen LogP contribution in [0.25, 0.3) is 0 Å². The number of nitrogens with zero attached hydrogens (tertiary/aromatic N) is 2. The number of aromatic nitrogens is 1. The third-order valence-electron chi connectivity index (χ3n) is 2.60. The average Bonchev–Trinajstić information content (AvgIpc) is 2.38. The molecule has 5 nitrogen and oxygen atoms in total. The molecule has 0 aliphatic carbocycles. The van der Waals surface area contributed by atoms with E-state index in [2.05, 4.69) is 14.6 Å². The second-order valence-electron chi connectivity index (χ2n) is 4.69. The maximum atomic E-state index is 11.3. The van der Waals surface area contributed by atoms with Crippen molar-refractivity contribution in [2.45, 2.75) is 26.5 Å². The lowest BCUT2D eigenvalue weighted by atomic mass is 10.2. The molecule has 0 fully saturated rings. The minimum absolute atomic E-state index is 0.255. The fourth-order valence-corrected chi connectivity index (χ4v) is 1.56. The highest BCUT2D eigenvalue weighted by Gasteiger charge is 2.07. The number of carbonyl (C=O) groups is 1. The third kappa shape index (κ3) is 5.81. The number of pyridine rings is 1. The highest BCUT2D eigenvalue weighted by atomic mass is 16.5. The Hall–Kier alpha value is -1.46. The van der Waals surface area contributed by atoms with E-state index in [1.807, 2.05) is 27.0 Å². The molecule has 1 aromatic heterocycles. The Balaban J connectivity index is 2.42. The molecule has 0 spiro atoms. The van der Waals surface area contributed by atoms with Gasteiger partial charge in [-0.15, -0.1) is 0 Å². The summed E-state index contributed by atoms with van der Waals surface area (Å²) < 4.78 is 10.1. The van der Waals surface area contributed by atoms with E-state index in [0.29, 0.717) is 12.2 Å². The molecule has 0 amide bonds. The van der Waals surface area contributed by atoms with E-state index in [1.54, 1.807) is 12.3 Å². The van der Waals surface area contributed by atoms with Crippen LogP contribution in [0.1, 0.15) is 29.9 Å². The van der Waals surface area contributed by atoms with Gasteiger partial charge in [0, 0.05) is 19.3 Å². The molecule has 0 bridgehead atoms. The highest BCUT2D eigenvalue weighted by molar-refractivity contribution is 5.88. The van der Waals surface area contributed by atoms with E-state index < -0.39 is 0 Å². The molecule has 0 unspecified atom stereocenters. The number of esters is 1. The first-order valence-electron chi connectivity index (χ1n) is 6.36. The zero-order valence-electron chi connectivity index (χ0n) is 12.0. The van der Waals surface area contributed by atoms with E-state index in [9.17, 15) is 4.79 Å². The summed E-state index contributed by atoms with van der Waals surface area (Å²) in [6, 6.07) is 3.57. The Morgan fingerprint density at radius 1 is 1.42 bits per heavy atom. The quantitative estimate of drug-likeness (QED) is 0.703. The van der Waals surface area contributed by atoms with Crippen LogP contribution in [0.4, 0.5) is 0 Å². The van der Waals surface area contributed by atoms with Gasteiger partial charge in [0.15, 0.2) is 0 Å². The highest BCUT2D eigenvalue weighted by Crippen LogP contribution is 2.04. The smallest absolute Gasteiger partial charge is 0.339 e. The second-order valence-corrected chi connectivity index (χ2v) is 4.69. The lowest BCUT2D eigenvalue weighted by Gasteiger charge is -2.17. The Morgan fingerprint density at radius 3 is 2.68 bits per heavy atom. The van der Waals surface area contributed by atoms with Crippen molar-refractivity contribution in [1.29, 1.82) is 0 Å². The molecule has 0 saturated carbocycles. The maximum absolute atomic E-state index is 11.3. The lowest BCUT2D eigenvalue weighted by molar-refractivity contribution is 0.0600. The van der Waals surface area contributed by atoms with E-state index in [4.69, 9.17) is 4.74 Å².